The second-order valence-electron chi connectivity index (χ2n) is 4.63. The molecule has 0 saturated heterocycles. The zero-order valence-corrected chi connectivity index (χ0v) is 13.8. The molecule has 0 radical (unpaired) electrons. The molecule has 0 fully saturated rings. The van der Waals surface area contributed by atoms with Gasteiger partial charge in [-0.15, -0.1) is 11.3 Å². The molecule has 0 aromatic carbocycles. The van der Waals surface area contributed by atoms with Crippen molar-refractivity contribution >= 4 is 33.8 Å². The van der Waals surface area contributed by atoms with Crippen LogP contribution in [0.4, 0.5) is 5.13 Å². The highest BCUT2D eigenvalue weighted by atomic mass is 32.1. The molecule has 0 atom stereocenters. The number of rotatable bonds is 5. The van der Waals surface area contributed by atoms with Gasteiger partial charge in [0, 0.05) is 42.5 Å². The van der Waals surface area contributed by atoms with Crippen LogP contribution in [0.15, 0.2) is 48.2 Å². The molecule has 0 aliphatic rings. The van der Waals surface area contributed by atoms with Crippen LogP contribution >= 0.6 is 23.6 Å². The van der Waals surface area contributed by atoms with Crippen LogP contribution in [0.2, 0.25) is 0 Å². The maximum absolute atomic E-state index is 5.27. The van der Waals surface area contributed by atoms with Gasteiger partial charge in [-0.25, -0.2) is 4.98 Å². The van der Waals surface area contributed by atoms with E-state index in [2.05, 4.69) is 30.8 Å². The van der Waals surface area contributed by atoms with Crippen molar-refractivity contribution in [3.8, 4) is 11.3 Å². The van der Waals surface area contributed by atoms with Gasteiger partial charge in [0.15, 0.2) is 10.2 Å². The lowest BCUT2D eigenvalue weighted by molar-refractivity contribution is 0.818. The molecule has 0 aliphatic heterocycles. The van der Waals surface area contributed by atoms with Crippen molar-refractivity contribution < 1.29 is 0 Å². The number of aromatic nitrogens is 4. The Balaban J connectivity index is 1.49. The minimum atomic E-state index is 0.543. The van der Waals surface area contributed by atoms with Crippen LogP contribution in [-0.4, -0.2) is 31.8 Å². The van der Waals surface area contributed by atoms with Crippen molar-refractivity contribution in [3.05, 3.63) is 53.9 Å². The van der Waals surface area contributed by atoms with Crippen LogP contribution in [0, 0.1) is 0 Å². The summed E-state index contributed by atoms with van der Waals surface area (Å²) in [6.07, 6.45) is 5.95. The number of thiocarbonyl (C=S) groups is 1. The van der Waals surface area contributed by atoms with E-state index in [0.29, 0.717) is 11.7 Å². The van der Waals surface area contributed by atoms with E-state index in [1.54, 1.807) is 18.6 Å². The third kappa shape index (κ3) is 4.51. The lowest BCUT2D eigenvalue weighted by Gasteiger charge is -2.07. The Morgan fingerprint density at radius 2 is 2.13 bits per heavy atom. The fraction of sp³-hybridized carbons (Fsp3) is 0.133. The molecule has 0 saturated carbocycles. The Labute approximate surface area is 143 Å². The number of hydrogen-bond donors (Lipinski definition) is 2. The normalized spacial score (nSPS) is 10.3. The molecule has 0 unspecified atom stereocenters. The van der Waals surface area contributed by atoms with Crippen LogP contribution in [-0.2, 0) is 6.42 Å². The maximum atomic E-state index is 5.27. The molecule has 0 bridgehead atoms. The van der Waals surface area contributed by atoms with Crippen LogP contribution < -0.4 is 10.6 Å². The Morgan fingerprint density at radius 3 is 2.91 bits per heavy atom. The number of anilines is 1. The summed E-state index contributed by atoms with van der Waals surface area (Å²) in [6, 6.07) is 7.67. The monoisotopic (exact) mass is 342 g/mol. The molecule has 2 N–H and O–H groups in total. The summed E-state index contributed by atoms with van der Waals surface area (Å²) in [4.78, 5) is 8.60. The third-order valence-corrected chi connectivity index (χ3v) is 3.98. The second kappa shape index (κ2) is 7.70. The summed E-state index contributed by atoms with van der Waals surface area (Å²) in [5.74, 6) is 0. The summed E-state index contributed by atoms with van der Waals surface area (Å²) in [5, 5.41) is 17.4. The highest BCUT2D eigenvalue weighted by Crippen LogP contribution is 2.23. The van der Waals surface area contributed by atoms with E-state index in [1.807, 2.05) is 29.6 Å². The molecule has 0 amide bonds. The zero-order valence-electron chi connectivity index (χ0n) is 12.1. The molecule has 8 heteroatoms. The molecule has 23 heavy (non-hydrogen) atoms. The molecule has 116 valence electrons. The summed E-state index contributed by atoms with van der Waals surface area (Å²) in [5.41, 5.74) is 2.79. The molecule has 3 aromatic rings. The summed E-state index contributed by atoms with van der Waals surface area (Å²) in [7, 11) is 0. The Hall–Kier alpha value is -2.45. The standard InChI is InChI=1S/C15H14N6S2/c22-14(17-8-5-12-4-2-7-18-21-12)20-15-19-13(10-23-15)11-3-1-6-16-9-11/h1-4,6-7,9-10H,5,8H2,(H2,17,19,20,22). The second-order valence-corrected chi connectivity index (χ2v) is 5.89. The number of nitrogens with one attached hydrogen (secondary N) is 2. The average Bonchev–Trinajstić information content (AvgIpc) is 3.05. The Kier molecular flexibility index (Phi) is 5.17. The quantitative estimate of drug-likeness (QED) is 0.690. The van der Waals surface area contributed by atoms with Gasteiger partial charge in [-0.2, -0.15) is 10.2 Å². The third-order valence-electron chi connectivity index (χ3n) is 2.98. The van der Waals surface area contributed by atoms with Crippen molar-refractivity contribution in [2.45, 2.75) is 6.42 Å². The lowest BCUT2D eigenvalue weighted by Crippen LogP contribution is -2.30. The van der Waals surface area contributed by atoms with Gasteiger partial charge in [0.05, 0.1) is 11.4 Å². The summed E-state index contributed by atoms with van der Waals surface area (Å²) < 4.78 is 0. The largest absolute Gasteiger partial charge is 0.362 e. The average molecular weight is 342 g/mol. The molecule has 0 aliphatic carbocycles. The maximum Gasteiger partial charge on any atom is 0.189 e. The van der Waals surface area contributed by atoms with E-state index >= 15 is 0 Å². The molecule has 3 aromatic heterocycles. The van der Waals surface area contributed by atoms with Gasteiger partial charge in [-0.3, -0.25) is 4.98 Å². The van der Waals surface area contributed by atoms with Crippen LogP contribution in [0.3, 0.4) is 0 Å². The fourth-order valence-corrected chi connectivity index (χ4v) is 2.88. The Bertz CT molecular complexity index is 760. The first-order valence-electron chi connectivity index (χ1n) is 6.98. The number of pyridine rings is 1. The minimum absolute atomic E-state index is 0.543. The van der Waals surface area contributed by atoms with E-state index in [1.165, 1.54) is 11.3 Å². The highest BCUT2D eigenvalue weighted by Gasteiger charge is 2.06. The molecular formula is C15H14N6S2. The van der Waals surface area contributed by atoms with Crippen LogP contribution in [0.1, 0.15) is 5.69 Å². The minimum Gasteiger partial charge on any atom is -0.362 e. The van der Waals surface area contributed by atoms with Gasteiger partial charge < -0.3 is 10.6 Å². The van der Waals surface area contributed by atoms with E-state index in [9.17, 15) is 0 Å². The van der Waals surface area contributed by atoms with Crippen LogP contribution in [0.5, 0.6) is 0 Å². The molecule has 0 spiro atoms. The van der Waals surface area contributed by atoms with Crippen molar-refractivity contribution in [3.63, 3.8) is 0 Å². The fourth-order valence-electron chi connectivity index (χ4n) is 1.89. The number of nitrogens with zero attached hydrogens (tertiary/aromatic N) is 4. The SMILES string of the molecule is S=C(NCCc1cccnn1)Nc1nc(-c2cccnc2)cs1. The zero-order chi connectivity index (χ0) is 15.9. The number of thiazole rings is 1. The van der Waals surface area contributed by atoms with Gasteiger partial charge in [-0.05, 0) is 36.5 Å². The van der Waals surface area contributed by atoms with E-state index in [-0.39, 0.29) is 0 Å². The van der Waals surface area contributed by atoms with Gasteiger partial charge in [0.1, 0.15) is 0 Å². The first-order valence-corrected chi connectivity index (χ1v) is 8.27. The van der Waals surface area contributed by atoms with E-state index in [4.69, 9.17) is 12.2 Å². The van der Waals surface area contributed by atoms with Crippen molar-refractivity contribution in [1.82, 2.24) is 25.5 Å². The lowest BCUT2D eigenvalue weighted by atomic mass is 10.2. The van der Waals surface area contributed by atoms with E-state index < -0.39 is 0 Å². The first-order chi connectivity index (χ1) is 11.3. The topological polar surface area (TPSA) is 75.6 Å². The van der Waals surface area contributed by atoms with Crippen LogP contribution in [0.25, 0.3) is 11.3 Å². The number of hydrogen-bond acceptors (Lipinski definition) is 6. The molecule has 3 rings (SSSR count). The predicted octanol–water partition coefficient (Wildman–Crippen LogP) is 2.52. The summed E-state index contributed by atoms with van der Waals surface area (Å²) >= 11 is 6.78. The van der Waals surface area contributed by atoms with E-state index in [0.717, 1.165) is 28.5 Å². The summed E-state index contributed by atoms with van der Waals surface area (Å²) in [6.45, 7) is 0.686. The predicted molar refractivity (Wildman–Crippen MR) is 95.3 cm³/mol. The van der Waals surface area contributed by atoms with Crippen molar-refractivity contribution in [2.24, 2.45) is 0 Å². The van der Waals surface area contributed by atoms with Crippen molar-refractivity contribution in [2.75, 3.05) is 11.9 Å². The van der Waals surface area contributed by atoms with Gasteiger partial charge in [-0.1, -0.05) is 0 Å². The molecule has 6 nitrogen and oxygen atoms in total. The molecular weight excluding hydrogens is 328 g/mol. The van der Waals surface area contributed by atoms with Gasteiger partial charge in [0.2, 0.25) is 0 Å². The first kappa shape index (κ1) is 15.4. The van der Waals surface area contributed by atoms with Gasteiger partial charge in [0.25, 0.3) is 0 Å². The smallest absolute Gasteiger partial charge is 0.189 e. The molecule has 3 heterocycles. The Morgan fingerprint density at radius 1 is 1.22 bits per heavy atom. The van der Waals surface area contributed by atoms with Gasteiger partial charge >= 0.3 is 0 Å². The van der Waals surface area contributed by atoms with Crippen molar-refractivity contribution in [1.29, 1.82) is 0 Å². The highest BCUT2D eigenvalue weighted by molar-refractivity contribution is 7.80.